The van der Waals surface area contributed by atoms with E-state index in [1.54, 1.807) is 43.3 Å². The Morgan fingerprint density at radius 3 is 2.68 bits per heavy atom. The Kier molecular flexibility index (Phi) is 4.72. The van der Waals surface area contributed by atoms with Crippen LogP contribution in [0.4, 0.5) is 14.9 Å². The topological polar surface area (TPSA) is 70.2 Å². The first-order chi connectivity index (χ1) is 12.0. The molecule has 0 aromatic heterocycles. The van der Waals surface area contributed by atoms with Crippen LogP contribution in [0.1, 0.15) is 18.5 Å². The monoisotopic (exact) mass is 359 g/mol. The quantitative estimate of drug-likeness (QED) is 0.781. The normalized spacial score (nSPS) is 16.9. The van der Waals surface area contributed by atoms with Crippen LogP contribution in [-0.2, 0) is 4.79 Å². The number of allylic oxidation sites excluding steroid dienone is 1. The molecule has 1 heterocycles. The van der Waals surface area contributed by atoms with Gasteiger partial charge < -0.3 is 16.0 Å². The molecule has 5 nitrogen and oxygen atoms in total. The van der Waals surface area contributed by atoms with Gasteiger partial charge in [0.25, 0.3) is 5.91 Å². The molecule has 1 unspecified atom stereocenters. The van der Waals surface area contributed by atoms with E-state index in [4.69, 9.17) is 11.6 Å². The summed E-state index contributed by atoms with van der Waals surface area (Å²) in [5.41, 5.74) is 1.30. The van der Waals surface area contributed by atoms with Gasteiger partial charge in [-0.2, -0.15) is 0 Å². The molecule has 0 saturated carbocycles. The highest BCUT2D eigenvalue weighted by Crippen LogP contribution is 2.29. The van der Waals surface area contributed by atoms with Crippen molar-refractivity contribution in [1.82, 2.24) is 10.6 Å². The average Bonchev–Trinajstić information content (AvgIpc) is 2.54. The molecule has 1 atom stereocenters. The predicted molar refractivity (Wildman–Crippen MR) is 93.6 cm³/mol. The largest absolute Gasteiger partial charge is 0.327 e. The zero-order valence-electron chi connectivity index (χ0n) is 13.3. The van der Waals surface area contributed by atoms with Gasteiger partial charge >= 0.3 is 6.03 Å². The first-order valence-corrected chi connectivity index (χ1v) is 7.93. The minimum atomic E-state index is -0.894. The molecular weight excluding hydrogens is 345 g/mol. The summed E-state index contributed by atoms with van der Waals surface area (Å²) in [5, 5.41) is 8.34. The van der Waals surface area contributed by atoms with Crippen molar-refractivity contribution in [2.45, 2.75) is 13.0 Å². The summed E-state index contributed by atoms with van der Waals surface area (Å²) in [4.78, 5) is 24.6. The van der Waals surface area contributed by atoms with Gasteiger partial charge in [0.05, 0.1) is 11.6 Å². The number of nitrogens with one attached hydrogen (secondary N) is 3. The number of carbonyl (C=O) groups is 2. The summed E-state index contributed by atoms with van der Waals surface area (Å²) in [6, 6.07) is 11.3. The van der Waals surface area contributed by atoms with Crippen LogP contribution >= 0.6 is 11.6 Å². The fourth-order valence-electron chi connectivity index (χ4n) is 2.70. The van der Waals surface area contributed by atoms with Crippen molar-refractivity contribution in [3.63, 3.8) is 0 Å². The molecule has 1 aliphatic rings. The fraction of sp³-hybridized carbons (Fsp3) is 0.111. The van der Waals surface area contributed by atoms with Gasteiger partial charge in [0.15, 0.2) is 0 Å². The molecular formula is C18H15ClFN3O2. The van der Waals surface area contributed by atoms with E-state index in [2.05, 4.69) is 16.0 Å². The van der Waals surface area contributed by atoms with E-state index in [1.807, 2.05) is 0 Å². The van der Waals surface area contributed by atoms with E-state index >= 15 is 0 Å². The molecule has 1 aliphatic heterocycles. The maximum Gasteiger partial charge on any atom is 0.319 e. The van der Waals surface area contributed by atoms with Gasteiger partial charge in [0.2, 0.25) is 0 Å². The average molecular weight is 360 g/mol. The lowest BCUT2D eigenvalue weighted by Crippen LogP contribution is -2.46. The van der Waals surface area contributed by atoms with Gasteiger partial charge in [-0.25, -0.2) is 9.18 Å². The summed E-state index contributed by atoms with van der Waals surface area (Å²) in [5.74, 6) is -0.962. The van der Waals surface area contributed by atoms with Crippen molar-refractivity contribution in [2.24, 2.45) is 0 Å². The Hall–Kier alpha value is -2.86. The van der Waals surface area contributed by atoms with Crippen LogP contribution < -0.4 is 16.0 Å². The number of urea groups is 1. The van der Waals surface area contributed by atoms with Gasteiger partial charge in [-0.05, 0) is 31.2 Å². The predicted octanol–water partition coefficient (Wildman–Crippen LogP) is 3.75. The first-order valence-electron chi connectivity index (χ1n) is 7.55. The molecule has 3 amide bonds. The summed E-state index contributed by atoms with van der Waals surface area (Å²) >= 11 is 5.92. The fourth-order valence-corrected chi connectivity index (χ4v) is 2.89. The Labute approximate surface area is 148 Å². The summed E-state index contributed by atoms with van der Waals surface area (Å²) < 4.78 is 14.2. The molecule has 7 heteroatoms. The maximum atomic E-state index is 14.2. The zero-order valence-corrected chi connectivity index (χ0v) is 14.0. The molecule has 0 saturated heterocycles. The molecule has 0 bridgehead atoms. The van der Waals surface area contributed by atoms with Crippen LogP contribution in [0.2, 0.25) is 5.02 Å². The number of amides is 3. The van der Waals surface area contributed by atoms with Gasteiger partial charge in [-0.15, -0.1) is 0 Å². The third-order valence-electron chi connectivity index (χ3n) is 3.81. The van der Waals surface area contributed by atoms with E-state index in [0.29, 0.717) is 16.4 Å². The molecule has 2 aromatic rings. The van der Waals surface area contributed by atoms with Crippen molar-refractivity contribution in [3.05, 3.63) is 76.2 Å². The van der Waals surface area contributed by atoms with Crippen LogP contribution in [0.5, 0.6) is 0 Å². The molecule has 25 heavy (non-hydrogen) atoms. The number of anilines is 1. The molecule has 3 N–H and O–H groups in total. The number of carbonyl (C=O) groups excluding carboxylic acids is 2. The third-order valence-corrected chi connectivity index (χ3v) is 4.05. The highest BCUT2D eigenvalue weighted by Gasteiger charge is 2.32. The van der Waals surface area contributed by atoms with E-state index in [0.717, 1.165) is 0 Å². The van der Waals surface area contributed by atoms with Gasteiger partial charge in [0.1, 0.15) is 5.82 Å². The highest BCUT2D eigenvalue weighted by atomic mass is 35.5. The third kappa shape index (κ3) is 3.64. The Morgan fingerprint density at radius 2 is 1.96 bits per heavy atom. The smallest absolute Gasteiger partial charge is 0.319 e. The summed E-state index contributed by atoms with van der Waals surface area (Å²) in [7, 11) is 0. The molecule has 0 fully saturated rings. The Balaban J connectivity index is 1.97. The second-order valence-corrected chi connectivity index (χ2v) is 5.99. The van der Waals surface area contributed by atoms with Gasteiger partial charge in [-0.1, -0.05) is 35.9 Å². The van der Waals surface area contributed by atoms with Crippen molar-refractivity contribution in [2.75, 3.05) is 5.32 Å². The molecule has 0 spiro atoms. The lowest BCUT2D eigenvalue weighted by atomic mass is 9.94. The summed E-state index contributed by atoms with van der Waals surface area (Å²) in [6.07, 6.45) is 0. The highest BCUT2D eigenvalue weighted by molar-refractivity contribution is 6.31. The minimum absolute atomic E-state index is 0.216. The molecule has 2 aromatic carbocycles. The molecule has 0 radical (unpaired) electrons. The lowest BCUT2D eigenvalue weighted by molar-refractivity contribution is -0.113. The number of halogens is 2. The van der Waals surface area contributed by atoms with E-state index in [-0.39, 0.29) is 11.1 Å². The van der Waals surface area contributed by atoms with Crippen LogP contribution in [0.25, 0.3) is 0 Å². The lowest BCUT2D eigenvalue weighted by Gasteiger charge is -2.28. The molecule has 3 rings (SSSR count). The van der Waals surface area contributed by atoms with Crippen LogP contribution in [0.15, 0.2) is 59.8 Å². The second-order valence-electron chi connectivity index (χ2n) is 5.56. The van der Waals surface area contributed by atoms with Gasteiger partial charge in [0, 0.05) is 22.0 Å². The second kappa shape index (κ2) is 6.94. The summed E-state index contributed by atoms with van der Waals surface area (Å²) in [6.45, 7) is 1.60. The van der Waals surface area contributed by atoms with Crippen molar-refractivity contribution in [3.8, 4) is 0 Å². The zero-order chi connectivity index (χ0) is 18.0. The Morgan fingerprint density at radius 1 is 1.20 bits per heavy atom. The first kappa shape index (κ1) is 17.0. The van der Waals surface area contributed by atoms with Crippen LogP contribution in [-0.4, -0.2) is 11.9 Å². The van der Waals surface area contributed by atoms with Crippen LogP contribution in [0, 0.1) is 5.82 Å². The van der Waals surface area contributed by atoms with Crippen molar-refractivity contribution < 1.29 is 14.0 Å². The number of hydrogen-bond acceptors (Lipinski definition) is 2. The number of rotatable bonds is 3. The number of benzene rings is 2. The number of hydrogen-bond donors (Lipinski definition) is 3. The molecule has 128 valence electrons. The molecule has 0 aliphatic carbocycles. The van der Waals surface area contributed by atoms with E-state index < -0.39 is 23.8 Å². The standard InChI is InChI=1S/C18H15ClFN3O2/c1-10-15(17(24)22-12-6-4-5-11(19)9-12)16(23-18(25)21-10)13-7-2-3-8-14(13)20/h2-9,16H,1H3,(H,22,24)(H2,21,23,25). The van der Waals surface area contributed by atoms with Crippen LogP contribution in [0.3, 0.4) is 0 Å². The Bertz CT molecular complexity index is 882. The maximum absolute atomic E-state index is 14.2. The van der Waals surface area contributed by atoms with Crippen molar-refractivity contribution in [1.29, 1.82) is 0 Å². The SMILES string of the molecule is CC1=C(C(=O)Nc2cccc(Cl)c2)C(c2ccccc2F)NC(=O)N1. The van der Waals surface area contributed by atoms with Crippen molar-refractivity contribution >= 4 is 29.2 Å². The van der Waals surface area contributed by atoms with E-state index in [1.165, 1.54) is 12.1 Å². The minimum Gasteiger partial charge on any atom is -0.327 e. The van der Waals surface area contributed by atoms with E-state index in [9.17, 15) is 14.0 Å². The van der Waals surface area contributed by atoms with Gasteiger partial charge in [-0.3, -0.25) is 4.79 Å².